The van der Waals surface area contributed by atoms with Crippen LogP contribution in [0, 0.1) is 10.1 Å². The van der Waals surface area contributed by atoms with Gasteiger partial charge in [-0.05, 0) is 37.3 Å². The first-order valence-electron chi connectivity index (χ1n) is 8.36. The minimum atomic E-state index is -0.369. The Morgan fingerprint density at radius 2 is 1.79 bits per heavy atom. The standard InChI is InChI=1S/C18H22N4O2/c1-2-20-11-13-21(14-12-20)16-9-7-15(8-10-16)19-17-5-3-4-6-18(17)22(23)24/h3-10,19H,2,11-14H2,1H3/p+1. The molecule has 2 aromatic rings. The normalized spacial score (nSPS) is 15.3. The van der Waals surface area contributed by atoms with E-state index in [1.54, 1.807) is 23.1 Å². The topological polar surface area (TPSA) is 62.8 Å². The molecule has 0 aliphatic carbocycles. The summed E-state index contributed by atoms with van der Waals surface area (Å²) in [5, 5.41) is 14.2. The Kier molecular flexibility index (Phi) is 4.96. The maximum atomic E-state index is 11.1. The van der Waals surface area contributed by atoms with Crippen molar-refractivity contribution >= 4 is 22.7 Å². The largest absolute Gasteiger partial charge is 0.360 e. The molecule has 2 aromatic carbocycles. The van der Waals surface area contributed by atoms with Gasteiger partial charge in [0, 0.05) is 17.4 Å². The van der Waals surface area contributed by atoms with Crippen LogP contribution in [0.3, 0.4) is 0 Å². The number of para-hydroxylation sites is 2. The summed E-state index contributed by atoms with van der Waals surface area (Å²) < 4.78 is 0. The molecule has 126 valence electrons. The number of nitrogens with one attached hydrogen (secondary N) is 2. The molecule has 6 heteroatoms. The molecule has 6 nitrogen and oxygen atoms in total. The van der Waals surface area contributed by atoms with Gasteiger partial charge in [0.2, 0.25) is 0 Å². The third-order valence-corrected chi connectivity index (χ3v) is 4.58. The molecule has 0 amide bonds. The van der Waals surface area contributed by atoms with Gasteiger partial charge in [0.15, 0.2) is 0 Å². The van der Waals surface area contributed by atoms with Gasteiger partial charge in [-0.25, -0.2) is 0 Å². The number of quaternary nitrogens is 1. The van der Waals surface area contributed by atoms with Gasteiger partial charge in [-0.1, -0.05) is 12.1 Å². The minimum absolute atomic E-state index is 0.0836. The fourth-order valence-electron chi connectivity index (χ4n) is 3.08. The maximum Gasteiger partial charge on any atom is 0.292 e. The number of anilines is 3. The average molecular weight is 327 g/mol. The van der Waals surface area contributed by atoms with Crippen molar-refractivity contribution in [2.45, 2.75) is 6.92 Å². The Hall–Kier alpha value is -2.60. The monoisotopic (exact) mass is 327 g/mol. The van der Waals surface area contributed by atoms with E-state index in [9.17, 15) is 10.1 Å². The molecular formula is C18H23N4O2+. The zero-order valence-electron chi connectivity index (χ0n) is 13.9. The van der Waals surface area contributed by atoms with Gasteiger partial charge in [-0.15, -0.1) is 0 Å². The molecule has 2 N–H and O–H groups in total. The van der Waals surface area contributed by atoms with Crippen molar-refractivity contribution in [2.24, 2.45) is 0 Å². The van der Waals surface area contributed by atoms with Crippen LogP contribution in [0.5, 0.6) is 0 Å². The Labute approximate surface area is 141 Å². The summed E-state index contributed by atoms with van der Waals surface area (Å²) in [6.07, 6.45) is 0. The van der Waals surface area contributed by atoms with E-state index < -0.39 is 0 Å². The quantitative estimate of drug-likeness (QED) is 0.652. The lowest BCUT2D eigenvalue weighted by atomic mass is 10.2. The van der Waals surface area contributed by atoms with E-state index in [-0.39, 0.29) is 10.6 Å². The van der Waals surface area contributed by atoms with E-state index in [0.29, 0.717) is 5.69 Å². The molecule has 1 aliphatic rings. The third kappa shape index (κ3) is 3.65. The van der Waals surface area contributed by atoms with Crippen LogP contribution in [0.1, 0.15) is 6.92 Å². The van der Waals surface area contributed by atoms with Crippen LogP contribution in [0.25, 0.3) is 0 Å². The SMILES string of the molecule is CC[NH+]1CCN(c2ccc(Nc3ccccc3[N+](=O)[O-])cc2)CC1. The van der Waals surface area contributed by atoms with Crippen molar-refractivity contribution in [1.29, 1.82) is 0 Å². The lowest BCUT2D eigenvalue weighted by molar-refractivity contribution is -0.898. The summed E-state index contributed by atoms with van der Waals surface area (Å²) in [6.45, 7) is 7.90. The van der Waals surface area contributed by atoms with Crippen molar-refractivity contribution in [3.63, 3.8) is 0 Å². The van der Waals surface area contributed by atoms with Crippen molar-refractivity contribution in [3.05, 3.63) is 58.6 Å². The summed E-state index contributed by atoms with van der Waals surface area (Å²) in [5.41, 5.74) is 2.65. The van der Waals surface area contributed by atoms with Crippen LogP contribution in [-0.2, 0) is 0 Å². The molecule has 0 bridgehead atoms. The van der Waals surface area contributed by atoms with E-state index in [1.165, 1.54) is 31.4 Å². The molecule has 0 radical (unpaired) electrons. The number of likely N-dealkylation sites (N-methyl/N-ethyl adjacent to an activating group) is 1. The first kappa shape index (κ1) is 16.3. The lowest BCUT2D eigenvalue weighted by Gasteiger charge is -2.33. The van der Waals surface area contributed by atoms with Gasteiger partial charge >= 0.3 is 0 Å². The van der Waals surface area contributed by atoms with Gasteiger partial charge in [-0.2, -0.15) is 0 Å². The van der Waals surface area contributed by atoms with E-state index in [4.69, 9.17) is 0 Å². The summed E-state index contributed by atoms with van der Waals surface area (Å²) in [5.74, 6) is 0. The molecule has 1 heterocycles. The van der Waals surface area contributed by atoms with E-state index in [2.05, 4.69) is 29.3 Å². The number of piperazine rings is 1. The van der Waals surface area contributed by atoms with Crippen LogP contribution < -0.4 is 15.1 Å². The number of nitro groups is 1. The molecule has 0 spiro atoms. The van der Waals surface area contributed by atoms with Crippen molar-refractivity contribution in [2.75, 3.05) is 42.9 Å². The molecule has 1 saturated heterocycles. The molecule has 0 atom stereocenters. The van der Waals surface area contributed by atoms with E-state index >= 15 is 0 Å². The fourth-order valence-corrected chi connectivity index (χ4v) is 3.08. The maximum absolute atomic E-state index is 11.1. The van der Waals surface area contributed by atoms with Crippen molar-refractivity contribution in [1.82, 2.24) is 0 Å². The lowest BCUT2D eigenvalue weighted by Crippen LogP contribution is -3.14. The number of rotatable bonds is 5. The van der Waals surface area contributed by atoms with Crippen LogP contribution in [0.15, 0.2) is 48.5 Å². The zero-order chi connectivity index (χ0) is 16.9. The Morgan fingerprint density at radius 3 is 2.42 bits per heavy atom. The number of nitro benzene ring substituents is 1. The summed E-state index contributed by atoms with van der Waals surface area (Å²) in [7, 11) is 0. The summed E-state index contributed by atoms with van der Waals surface area (Å²) >= 11 is 0. The van der Waals surface area contributed by atoms with Gasteiger partial charge < -0.3 is 15.1 Å². The van der Waals surface area contributed by atoms with E-state index in [1.807, 2.05) is 12.1 Å². The second kappa shape index (κ2) is 7.31. The highest BCUT2D eigenvalue weighted by atomic mass is 16.6. The number of benzene rings is 2. The molecule has 3 rings (SSSR count). The molecule has 0 saturated carbocycles. The van der Waals surface area contributed by atoms with Crippen LogP contribution in [0.4, 0.5) is 22.7 Å². The average Bonchev–Trinajstić information content (AvgIpc) is 2.63. The van der Waals surface area contributed by atoms with Gasteiger partial charge in [0.25, 0.3) is 5.69 Å². The zero-order valence-corrected chi connectivity index (χ0v) is 13.9. The summed E-state index contributed by atoms with van der Waals surface area (Å²) in [6, 6.07) is 14.8. The third-order valence-electron chi connectivity index (χ3n) is 4.58. The number of nitrogens with zero attached hydrogens (tertiary/aromatic N) is 2. The predicted molar refractivity (Wildman–Crippen MR) is 96.3 cm³/mol. The molecular weight excluding hydrogens is 304 g/mol. The Bertz CT molecular complexity index is 694. The van der Waals surface area contributed by atoms with Crippen molar-refractivity contribution in [3.8, 4) is 0 Å². The molecule has 1 fully saturated rings. The van der Waals surface area contributed by atoms with Crippen molar-refractivity contribution < 1.29 is 9.82 Å². The van der Waals surface area contributed by atoms with Crippen LogP contribution in [-0.4, -0.2) is 37.6 Å². The highest BCUT2D eigenvalue weighted by molar-refractivity contribution is 5.70. The molecule has 1 aliphatic heterocycles. The number of hydrogen-bond donors (Lipinski definition) is 2. The van der Waals surface area contributed by atoms with Gasteiger partial charge in [0.05, 0.1) is 37.6 Å². The molecule has 0 aromatic heterocycles. The number of hydrogen-bond acceptors (Lipinski definition) is 4. The highest BCUT2D eigenvalue weighted by Gasteiger charge is 2.18. The van der Waals surface area contributed by atoms with Crippen LogP contribution >= 0.6 is 0 Å². The fraction of sp³-hybridized carbons (Fsp3) is 0.333. The minimum Gasteiger partial charge on any atom is -0.360 e. The Balaban J connectivity index is 1.68. The second-order valence-electron chi connectivity index (χ2n) is 6.04. The first-order chi connectivity index (χ1) is 11.7. The Morgan fingerprint density at radius 1 is 1.12 bits per heavy atom. The smallest absolute Gasteiger partial charge is 0.292 e. The second-order valence-corrected chi connectivity index (χ2v) is 6.04. The van der Waals surface area contributed by atoms with E-state index in [0.717, 1.165) is 18.8 Å². The molecule has 0 unspecified atom stereocenters. The van der Waals surface area contributed by atoms with Crippen LogP contribution in [0.2, 0.25) is 0 Å². The molecule has 24 heavy (non-hydrogen) atoms. The summed E-state index contributed by atoms with van der Waals surface area (Å²) in [4.78, 5) is 14.8. The predicted octanol–water partition coefficient (Wildman–Crippen LogP) is 2.06. The van der Waals surface area contributed by atoms with Gasteiger partial charge in [0.1, 0.15) is 5.69 Å². The highest BCUT2D eigenvalue weighted by Crippen LogP contribution is 2.28. The van der Waals surface area contributed by atoms with Gasteiger partial charge in [-0.3, -0.25) is 10.1 Å². The first-order valence-corrected chi connectivity index (χ1v) is 8.36.